The molecule has 0 saturated heterocycles. The molecule has 1 heterocycles. The van der Waals surface area contributed by atoms with Crippen LogP contribution in [0, 0.1) is 18.6 Å². The highest BCUT2D eigenvalue weighted by Gasteiger charge is 2.17. The third-order valence-electron chi connectivity index (χ3n) is 5.21. The molecule has 4 rings (SSSR count). The van der Waals surface area contributed by atoms with E-state index in [2.05, 4.69) is 22.5 Å². The number of aryl methyl sites for hydroxylation is 1. The molecule has 3 nitrogen and oxygen atoms in total. The molecule has 0 saturated carbocycles. The Labute approximate surface area is 203 Å². The summed E-state index contributed by atoms with van der Waals surface area (Å²) in [4.78, 5) is 0. The summed E-state index contributed by atoms with van der Waals surface area (Å²) in [5.74, 6) is -0.790. The number of nitrogens with zero attached hydrogens (tertiary/aromatic N) is 1. The third kappa shape index (κ3) is 4.82. The van der Waals surface area contributed by atoms with E-state index in [1.165, 1.54) is 18.2 Å². The molecule has 3 aromatic carbocycles. The Morgan fingerprint density at radius 3 is 2.55 bits per heavy atom. The van der Waals surface area contributed by atoms with Crippen molar-refractivity contribution in [2.24, 2.45) is 0 Å². The number of hydrogen-bond acceptors (Lipinski definition) is 2. The number of aliphatic hydroxyl groups excluding tert-OH is 1. The minimum Gasteiger partial charge on any atom is -0.508 e. The van der Waals surface area contributed by atoms with E-state index in [1.807, 2.05) is 23.6 Å². The van der Waals surface area contributed by atoms with Crippen molar-refractivity contribution in [3.63, 3.8) is 0 Å². The average molecular weight is 531 g/mol. The van der Waals surface area contributed by atoms with Crippen molar-refractivity contribution < 1.29 is 18.6 Å². The zero-order valence-electron chi connectivity index (χ0n) is 17.6. The number of benzene rings is 3. The second kappa shape index (κ2) is 9.41. The van der Waals surface area contributed by atoms with Crippen molar-refractivity contribution in [3.8, 4) is 22.7 Å². The van der Waals surface area contributed by atoms with Crippen LogP contribution in [0.1, 0.15) is 16.8 Å². The van der Waals surface area contributed by atoms with Gasteiger partial charge in [0.2, 0.25) is 0 Å². The van der Waals surface area contributed by atoms with Gasteiger partial charge in [0.05, 0.1) is 11.3 Å². The second-order valence-electron chi connectivity index (χ2n) is 7.47. The summed E-state index contributed by atoms with van der Waals surface area (Å²) in [6, 6.07) is 18.2. The maximum absolute atomic E-state index is 14.3. The summed E-state index contributed by atoms with van der Waals surface area (Å²) in [6.45, 7) is 5.37. The topological polar surface area (TPSA) is 34.4 Å². The largest absolute Gasteiger partial charge is 0.508 e. The zero-order valence-corrected chi connectivity index (χ0v) is 19.9. The van der Waals surface area contributed by atoms with Gasteiger partial charge in [-0.2, -0.15) is 0 Å². The molecule has 0 spiro atoms. The Morgan fingerprint density at radius 1 is 1.03 bits per heavy atom. The van der Waals surface area contributed by atoms with Crippen LogP contribution in [0.3, 0.4) is 0 Å². The van der Waals surface area contributed by atoms with Gasteiger partial charge in [0.1, 0.15) is 29.8 Å². The van der Waals surface area contributed by atoms with E-state index in [0.29, 0.717) is 32.1 Å². The number of aliphatic hydroxyl groups is 1. The molecule has 1 N–H and O–H groups in total. The molecule has 1 aromatic heterocycles. The normalized spacial score (nSPS) is 10.9. The fourth-order valence-corrected chi connectivity index (χ4v) is 4.09. The Hall–Kier alpha value is -3.09. The maximum atomic E-state index is 14.3. The predicted molar refractivity (Wildman–Crippen MR) is 131 cm³/mol. The Balaban J connectivity index is 1.77. The van der Waals surface area contributed by atoms with Crippen molar-refractivity contribution in [1.82, 2.24) is 4.57 Å². The van der Waals surface area contributed by atoms with E-state index in [9.17, 15) is 13.9 Å². The molecule has 0 radical (unpaired) electrons. The monoisotopic (exact) mass is 529 g/mol. The first kappa shape index (κ1) is 23.1. The summed E-state index contributed by atoms with van der Waals surface area (Å²) >= 11 is 9.55. The van der Waals surface area contributed by atoms with Crippen LogP contribution in [0.2, 0.25) is 5.02 Å². The summed E-state index contributed by atoms with van der Waals surface area (Å²) in [6.07, 6.45) is 0. The molecule has 7 heteroatoms. The summed E-state index contributed by atoms with van der Waals surface area (Å²) in [7, 11) is 0. The van der Waals surface area contributed by atoms with Crippen LogP contribution in [0.5, 0.6) is 5.75 Å². The second-order valence-corrected chi connectivity index (χ2v) is 8.82. The Kier molecular flexibility index (Phi) is 6.58. The molecule has 0 bridgehead atoms. The van der Waals surface area contributed by atoms with Gasteiger partial charge < -0.3 is 14.4 Å². The van der Waals surface area contributed by atoms with Crippen molar-refractivity contribution in [3.05, 3.63) is 111 Å². The molecule has 168 valence electrons. The van der Waals surface area contributed by atoms with Crippen molar-refractivity contribution in [2.75, 3.05) is 0 Å². The molecular weight excluding hydrogens is 512 g/mol. The minimum atomic E-state index is -0.569. The average Bonchev–Trinajstić information content (AvgIpc) is 3.15. The maximum Gasteiger partial charge on any atom is 0.134 e. The van der Waals surface area contributed by atoms with E-state index in [0.717, 1.165) is 11.4 Å². The first-order chi connectivity index (χ1) is 15.7. The molecule has 33 heavy (non-hydrogen) atoms. The van der Waals surface area contributed by atoms with Crippen LogP contribution < -0.4 is 4.74 Å². The lowest BCUT2D eigenvalue weighted by Gasteiger charge is -2.17. The van der Waals surface area contributed by atoms with Gasteiger partial charge in [-0.05, 0) is 67.6 Å². The SMILES string of the molecule is C=C(O)c1cc(-n2c(C)ccc2-c2cc(Cl)ccc2OCc2ccc(Br)cc2F)ccc1F. The molecule has 0 amide bonds. The molecule has 4 aromatic rings. The zero-order chi connectivity index (χ0) is 23.7. The van der Waals surface area contributed by atoms with Gasteiger partial charge in [-0.1, -0.05) is 40.2 Å². The molecule has 0 aliphatic rings. The molecule has 0 atom stereocenters. The van der Waals surface area contributed by atoms with Crippen LogP contribution in [-0.2, 0) is 6.61 Å². The predicted octanol–water partition coefficient (Wildman–Crippen LogP) is 8.25. The van der Waals surface area contributed by atoms with Gasteiger partial charge in [0, 0.05) is 32.0 Å². The molecule has 0 aliphatic heterocycles. The van der Waals surface area contributed by atoms with E-state index in [1.54, 1.807) is 36.4 Å². The quantitative estimate of drug-likeness (QED) is 0.255. The first-order valence-corrected chi connectivity index (χ1v) is 11.1. The van der Waals surface area contributed by atoms with Gasteiger partial charge in [-0.25, -0.2) is 8.78 Å². The van der Waals surface area contributed by atoms with Crippen LogP contribution in [-0.4, -0.2) is 9.67 Å². The standard InChI is InChI=1S/C26H19BrClF2NO2/c1-15-3-9-25(31(15)20-7-8-23(29)21(13-20)16(2)32)22-12-19(28)6-10-26(22)33-14-17-4-5-18(27)11-24(17)30/h3-13,32H,2,14H2,1H3. The molecular formula is C26H19BrClF2NO2. The highest BCUT2D eigenvalue weighted by molar-refractivity contribution is 9.10. The van der Waals surface area contributed by atoms with Gasteiger partial charge in [-0.15, -0.1) is 0 Å². The molecule has 0 unspecified atom stereocenters. The minimum absolute atomic E-state index is 0.0137. The van der Waals surface area contributed by atoms with Crippen LogP contribution in [0.15, 0.2) is 77.8 Å². The van der Waals surface area contributed by atoms with Crippen molar-refractivity contribution >= 4 is 33.3 Å². The van der Waals surface area contributed by atoms with Crippen molar-refractivity contribution in [1.29, 1.82) is 0 Å². The van der Waals surface area contributed by atoms with E-state index >= 15 is 0 Å². The number of rotatable bonds is 6. The summed E-state index contributed by atoms with van der Waals surface area (Å²) in [5, 5.41) is 10.3. The van der Waals surface area contributed by atoms with E-state index in [-0.39, 0.29) is 23.7 Å². The number of aromatic nitrogens is 1. The Bertz CT molecular complexity index is 1370. The lowest BCUT2D eigenvalue weighted by molar-refractivity contribution is 0.301. The summed E-state index contributed by atoms with van der Waals surface area (Å²) < 4.78 is 36.9. The van der Waals surface area contributed by atoms with Crippen LogP contribution in [0.25, 0.3) is 22.7 Å². The molecule has 0 fully saturated rings. The fourth-order valence-electron chi connectivity index (χ4n) is 3.59. The lowest BCUT2D eigenvalue weighted by Crippen LogP contribution is -2.04. The van der Waals surface area contributed by atoms with Crippen LogP contribution in [0.4, 0.5) is 8.78 Å². The number of hydrogen-bond donors (Lipinski definition) is 1. The third-order valence-corrected chi connectivity index (χ3v) is 5.94. The fraction of sp³-hybridized carbons (Fsp3) is 0.0769. The highest BCUT2D eigenvalue weighted by atomic mass is 79.9. The van der Waals surface area contributed by atoms with E-state index < -0.39 is 5.82 Å². The highest BCUT2D eigenvalue weighted by Crippen LogP contribution is 2.36. The first-order valence-electron chi connectivity index (χ1n) is 9.98. The Morgan fingerprint density at radius 2 is 1.82 bits per heavy atom. The molecule has 0 aliphatic carbocycles. The van der Waals surface area contributed by atoms with Gasteiger partial charge in [0.15, 0.2) is 0 Å². The van der Waals surface area contributed by atoms with Gasteiger partial charge in [-0.3, -0.25) is 0 Å². The number of halogens is 4. The lowest BCUT2D eigenvalue weighted by atomic mass is 10.1. The van der Waals surface area contributed by atoms with Gasteiger partial charge in [0.25, 0.3) is 0 Å². The number of ether oxygens (including phenoxy) is 1. The van der Waals surface area contributed by atoms with Crippen LogP contribution >= 0.6 is 27.5 Å². The van der Waals surface area contributed by atoms with Gasteiger partial charge >= 0.3 is 0 Å². The van der Waals surface area contributed by atoms with Crippen molar-refractivity contribution in [2.45, 2.75) is 13.5 Å². The van der Waals surface area contributed by atoms with E-state index in [4.69, 9.17) is 16.3 Å². The smallest absolute Gasteiger partial charge is 0.134 e. The summed E-state index contributed by atoms with van der Waals surface area (Å²) in [5.41, 5.74) is 3.35.